The number of hydrogen-bond acceptors (Lipinski definition) is 3. The fraction of sp³-hybridized carbons (Fsp3) is 0.429. The van der Waals surface area contributed by atoms with Gasteiger partial charge >= 0.3 is 0 Å². The molecule has 0 atom stereocenters. The summed E-state index contributed by atoms with van der Waals surface area (Å²) in [7, 11) is 0. The molecule has 0 aliphatic carbocycles. The molecule has 1 heterocycles. The summed E-state index contributed by atoms with van der Waals surface area (Å²) in [5.74, 6) is 0. The number of aromatic nitrogens is 2. The Hall–Kier alpha value is -1.48. The molecule has 0 amide bonds. The Morgan fingerprint density at radius 1 is 1.06 bits per heavy atom. The molecule has 0 unspecified atom stereocenters. The molecule has 17 heavy (non-hydrogen) atoms. The van der Waals surface area contributed by atoms with Crippen LogP contribution in [0.3, 0.4) is 0 Å². The molecule has 0 radical (unpaired) electrons. The minimum Gasteiger partial charge on any atom is -0.303 e. The van der Waals surface area contributed by atoms with Crippen LogP contribution in [0.4, 0.5) is 0 Å². The molecule has 0 aliphatic heterocycles. The van der Waals surface area contributed by atoms with E-state index in [1.165, 1.54) is 0 Å². The van der Waals surface area contributed by atoms with E-state index >= 15 is 0 Å². The Morgan fingerprint density at radius 3 is 2.47 bits per heavy atom. The fourth-order valence-corrected chi connectivity index (χ4v) is 1.93. The van der Waals surface area contributed by atoms with E-state index < -0.39 is 0 Å². The van der Waals surface area contributed by atoms with Gasteiger partial charge in [-0.25, -0.2) is 4.98 Å². The fourth-order valence-electron chi connectivity index (χ4n) is 1.93. The molecule has 0 saturated heterocycles. The van der Waals surface area contributed by atoms with Gasteiger partial charge in [-0.05, 0) is 25.2 Å². The zero-order valence-electron chi connectivity index (χ0n) is 10.6. The van der Waals surface area contributed by atoms with Crippen LogP contribution in [-0.2, 0) is 6.42 Å². The van der Waals surface area contributed by atoms with Crippen LogP contribution in [0.1, 0.15) is 19.5 Å². The lowest BCUT2D eigenvalue weighted by molar-refractivity contribution is 0.307. The Labute approximate surface area is 103 Å². The Bertz CT molecular complexity index is 478. The van der Waals surface area contributed by atoms with E-state index in [9.17, 15) is 0 Å². The molecular formula is C14H19N3. The van der Waals surface area contributed by atoms with Gasteiger partial charge < -0.3 is 4.90 Å². The maximum atomic E-state index is 4.63. The van der Waals surface area contributed by atoms with E-state index in [4.69, 9.17) is 0 Å². The first-order chi connectivity index (χ1) is 8.33. The van der Waals surface area contributed by atoms with Crippen LogP contribution in [0, 0.1) is 0 Å². The minimum absolute atomic E-state index is 0.971. The standard InChI is InChI=1S/C14H19N3/c1-3-17(4-2)10-9-12-11-15-13-7-5-6-8-14(13)16-12/h5-8,11H,3-4,9-10H2,1-2H3. The third-order valence-corrected chi connectivity index (χ3v) is 3.08. The van der Waals surface area contributed by atoms with Crippen LogP contribution in [0.2, 0.25) is 0 Å². The number of nitrogens with zero attached hydrogens (tertiary/aromatic N) is 3. The molecule has 3 heteroatoms. The van der Waals surface area contributed by atoms with Gasteiger partial charge in [0.2, 0.25) is 0 Å². The van der Waals surface area contributed by atoms with Gasteiger partial charge in [-0.2, -0.15) is 0 Å². The highest BCUT2D eigenvalue weighted by molar-refractivity contribution is 5.73. The zero-order chi connectivity index (χ0) is 12.1. The first kappa shape index (κ1) is 12.0. The van der Waals surface area contributed by atoms with Crippen molar-refractivity contribution in [2.24, 2.45) is 0 Å². The largest absolute Gasteiger partial charge is 0.303 e. The quantitative estimate of drug-likeness (QED) is 0.789. The number of fused-ring (bicyclic) bond motifs is 1. The van der Waals surface area contributed by atoms with Crippen LogP contribution in [0.5, 0.6) is 0 Å². The number of benzene rings is 1. The molecule has 0 fully saturated rings. The molecule has 3 nitrogen and oxygen atoms in total. The SMILES string of the molecule is CCN(CC)CCc1cnc2ccccc2n1. The molecule has 1 aromatic carbocycles. The van der Waals surface area contributed by atoms with Crippen LogP contribution in [0.15, 0.2) is 30.5 Å². The lowest BCUT2D eigenvalue weighted by Gasteiger charge is -2.17. The van der Waals surface area contributed by atoms with Crippen LogP contribution >= 0.6 is 0 Å². The highest BCUT2D eigenvalue weighted by atomic mass is 15.1. The van der Waals surface area contributed by atoms with Crippen LogP contribution in [-0.4, -0.2) is 34.5 Å². The van der Waals surface area contributed by atoms with Crippen molar-refractivity contribution in [2.75, 3.05) is 19.6 Å². The molecule has 0 aliphatic rings. The summed E-state index contributed by atoms with van der Waals surface area (Å²) < 4.78 is 0. The van der Waals surface area contributed by atoms with Crippen molar-refractivity contribution in [2.45, 2.75) is 20.3 Å². The summed E-state index contributed by atoms with van der Waals surface area (Å²) in [6.07, 6.45) is 2.87. The average molecular weight is 229 g/mol. The topological polar surface area (TPSA) is 29.0 Å². The van der Waals surface area contributed by atoms with E-state index in [1.54, 1.807) is 0 Å². The van der Waals surface area contributed by atoms with Crippen LogP contribution in [0.25, 0.3) is 11.0 Å². The van der Waals surface area contributed by atoms with Gasteiger partial charge in [0.25, 0.3) is 0 Å². The molecule has 0 saturated carbocycles. The summed E-state index contributed by atoms with van der Waals surface area (Å²) in [6.45, 7) is 7.63. The Kier molecular flexibility index (Phi) is 4.04. The monoisotopic (exact) mass is 229 g/mol. The van der Waals surface area contributed by atoms with Crippen LogP contribution < -0.4 is 0 Å². The van der Waals surface area contributed by atoms with Crippen molar-refractivity contribution in [1.82, 2.24) is 14.9 Å². The highest BCUT2D eigenvalue weighted by Crippen LogP contribution is 2.08. The number of likely N-dealkylation sites (N-methyl/N-ethyl adjacent to an activating group) is 1. The maximum Gasteiger partial charge on any atom is 0.0890 e. The lowest BCUT2D eigenvalue weighted by atomic mass is 10.2. The third kappa shape index (κ3) is 3.01. The molecule has 2 rings (SSSR count). The summed E-state index contributed by atoms with van der Waals surface area (Å²) in [5.41, 5.74) is 3.04. The predicted octanol–water partition coefficient (Wildman–Crippen LogP) is 2.51. The molecular weight excluding hydrogens is 210 g/mol. The van der Waals surface area contributed by atoms with Gasteiger partial charge in [-0.15, -0.1) is 0 Å². The van der Waals surface area contributed by atoms with Crippen molar-refractivity contribution in [1.29, 1.82) is 0 Å². The van der Waals surface area contributed by atoms with Crippen molar-refractivity contribution in [3.05, 3.63) is 36.2 Å². The predicted molar refractivity (Wildman–Crippen MR) is 71.0 cm³/mol. The van der Waals surface area contributed by atoms with Gasteiger partial charge in [-0.1, -0.05) is 26.0 Å². The van der Waals surface area contributed by atoms with Crippen molar-refractivity contribution in [3.63, 3.8) is 0 Å². The molecule has 0 bridgehead atoms. The smallest absolute Gasteiger partial charge is 0.0890 e. The van der Waals surface area contributed by atoms with Gasteiger partial charge in [-0.3, -0.25) is 4.98 Å². The van der Waals surface area contributed by atoms with Gasteiger partial charge in [0.05, 0.1) is 16.7 Å². The van der Waals surface area contributed by atoms with E-state index in [2.05, 4.69) is 28.7 Å². The molecule has 0 N–H and O–H groups in total. The number of para-hydroxylation sites is 2. The second kappa shape index (κ2) is 5.73. The Morgan fingerprint density at radius 2 is 1.76 bits per heavy atom. The Balaban J connectivity index is 2.09. The molecule has 0 spiro atoms. The normalized spacial score (nSPS) is 11.2. The summed E-state index contributed by atoms with van der Waals surface area (Å²) in [5, 5.41) is 0. The summed E-state index contributed by atoms with van der Waals surface area (Å²) >= 11 is 0. The summed E-state index contributed by atoms with van der Waals surface area (Å²) in [4.78, 5) is 11.5. The zero-order valence-corrected chi connectivity index (χ0v) is 10.6. The van der Waals surface area contributed by atoms with E-state index in [0.29, 0.717) is 0 Å². The molecule has 2 aromatic rings. The van der Waals surface area contributed by atoms with Gasteiger partial charge in [0, 0.05) is 19.2 Å². The van der Waals surface area contributed by atoms with Crippen molar-refractivity contribution >= 4 is 11.0 Å². The van der Waals surface area contributed by atoms with Gasteiger partial charge in [0.15, 0.2) is 0 Å². The second-order valence-electron chi connectivity index (χ2n) is 4.13. The van der Waals surface area contributed by atoms with Crippen molar-refractivity contribution < 1.29 is 0 Å². The number of hydrogen-bond donors (Lipinski definition) is 0. The first-order valence-electron chi connectivity index (χ1n) is 6.26. The number of rotatable bonds is 5. The van der Waals surface area contributed by atoms with E-state index in [1.807, 2.05) is 30.5 Å². The minimum atomic E-state index is 0.971. The van der Waals surface area contributed by atoms with E-state index in [-0.39, 0.29) is 0 Å². The summed E-state index contributed by atoms with van der Waals surface area (Å²) in [6, 6.07) is 8.01. The maximum absolute atomic E-state index is 4.63. The van der Waals surface area contributed by atoms with E-state index in [0.717, 1.165) is 42.8 Å². The molecule has 90 valence electrons. The van der Waals surface area contributed by atoms with Crippen molar-refractivity contribution in [3.8, 4) is 0 Å². The average Bonchev–Trinajstić information content (AvgIpc) is 2.40. The first-order valence-corrected chi connectivity index (χ1v) is 6.26. The highest BCUT2D eigenvalue weighted by Gasteiger charge is 2.02. The lowest BCUT2D eigenvalue weighted by Crippen LogP contribution is -2.25. The molecule has 1 aromatic heterocycles. The third-order valence-electron chi connectivity index (χ3n) is 3.08. The van der Waals surface area contributed by atoms with Gasteiger partial charge in [0.1, 0.15) is 0 Å². The second-order valence-corrected chi connectivity index (χ2v) is 4.13.